The van der Waals surface area contributed by atoms with Crippen LogP contribution in [0.3, 0.4) is 0 Å². The summed E-state index contributed by atoms with van der Waals surface area (Å²) in [6.45, 7) is 0.416. The molecule has 0 spiro atoms. The van der Waals surface area contributed by atoms with Crippen molar-refractivity contribution in [2.45, 2.75) is 6.54 Å². The van der Waals surface area contributed by atoms with E-state index in [0.29, 0.717) is 18.0 Å². The molecule has 16 heavy (non-hydrogen) atoms. The second kappa shape index (κ2) is 5.05. The van der Waals surface area contributed by atoms with Crippen LogP contribution in [0.5, 0.6) is 11.5 Å². The lowest BCUT2D eigenvalue weighted by Crippen LogP contribution is -1.99. The first kappa shape index (κ1) is 11.0. The van der Waals surface area contributed by atoms with Gasteiger partial charge in [-0.2, -0.15) is 0 Å². The van der Waals surface area contributed by atoms with Gasteiger partial charge in [-0.15, -0.1) is 0 Å². The van der Waals surface area contributed by atoms with E-state index in [-0.39, 0.29) is 0 Å². The summed E-state index contributed by atoms with van der Waals surface area (Å²) in [5.74, 6) is 1.31. The minimum Gasteiger partial charge on any atom is -0.454 e. The van der Waals surface area contributed by atoms with E-state index in [9.17, 15) is 0 Å². The summed E-state index contributed by atoms with van der Waals surface area (Å²) in [6.07, 6.45) is 6.66. The molecule has 0 amide bonds. The highest BCUT2D eigenvalue weighted by Crippen LogP contribution is 2.25. The smallest absolute Gasteiger partial charge is 0.150 e. The number of ether oxygens (including phenoxy) is 1. The van der Waals surface area contributed by atoms with Gasteiger partial charge in [-0.25, -0.2) is 0 Å². The van der Waals surface area contributed by atoms with Crippen molar-refractivity contribution in [1.82, 2.24) is 9.97 Å². The van der Waals surface area contributed by atoms with E-state index in [1.807, 2.05) is 12.1 Å². The van der Waals surface area contributed by atoms with Gasteiger partial charge in [0.1, 0.15) is 11.5 Å². The zero-order chi connectivity index (χ0) is 11.4. The van der Waals surface area contributed by atoms with E-state index in [1.165, 1.54) is 0 Å². The van der Waals surface area contributed by atoms with Gasteiger partial charge >= 0.3 is 0 Å². The first-order valence-corrected chi connectivity index (χ1v) is 5.50. The molecule has 2 aromatic rings. The van der Waals surface area contributed by atoms with Crippen LogP contribution in [-0.2, 0) is 6.54 Å². The molecule has 0 aromatic carbocycles. The summed E-state index contributed by atoms with van der Waals surface area (Å²) < 4.78 is 6.51. The summed E-state index contributed by atoms with van der Waals surface area (Å²) in [7, 11) is 0. The van der Waals surface area contributed by atoms with Crippen LogP contribution < -0.4 is 10.5 Å². The molecule has 82 valence electrons. The molecule has 0 unspecified atom stereocenters. The van der Waals surface area contributed by atoms with Gasteiger partial charge in [0.2, 0.25) is 0 Å². The number of hydrogen-bond donors (Lipinski definition) is 1. The summed E-state index contributed by atoms with van der Waals surface area (Å²) in [4.78, 5) is 8.01. The van der Waals surface area contributed by atoms with Gasteiger partial charge in [-0.3, -0.25) is 9.97 Å². The highest BCUT2D eigenvalue weighted by atomic mass is 79.9. The number of nitrogens with two attached hydrogens (primary N) is 1. The predicted octanol–water partition coefficient (Wildman–Crippen LogP) is 2.49. The van der Waals surface area contributed by atoms with Gasteiger partial charge in [-0.05, 0) is 28.1 Å². The zero-order valence-corrected chi connectivity index (χ0v) is 10.0. The van der Waals surface area contributed by atoms with Gasteiger partial charge in [0.05, 0.1) is 12.4 Å². The molecule has 2 heterocycles. The quantitative estimate of drug-likeness (QED) is 0.938. The molecule has 2 N–H and O–H groups in total. The molecule has 4 nitrogen and oxygen atoms in total. The molecule has 0 saturated carbocycles. The largest absolute Gasteiger partial charge is 0.454 e. The van der Waals surface area contributed by atoms with Crippen LogP contribution in [0.25, 0.3) is 0 Å². The third kappa shape index (κ3) is 2.56. The summed E-state index contributed by atoms with van der Waals surface area (Å²) >= 11 is 3.33. The Kier molecular flexibility index (Phi) is 3.48. The van der Waals surface area contributed by atoms with Crippen molar-refractivity contribution in [3.05, 3.63) is 47.0 Å². The van der Waals surface area contributed by atoms with Gasteiger partial charge in [0.15, 0.2) is 0 Å². The number of rotatable bonds is 3. The maximum Gasteiger partial charge on any atom is 0.150 e. The fourth-order valence-electron chi connectivity index (χ4n) is 1.24. The Hall–Kier alpha value is -1.46. The number of aromatic nitrogens is 2. The van der Waals surface area contributed by atoms with Gasteiger partial charge in [0.25, 0.3) is 0 Å². The SMILES string of the molecule is NCc1ccncc1Oc1cncc(Br)c1. The highest BCUT2D eigenvalue weighted by molar-refractivity contribution is 9.10. The maximum absolute atomic E-state index is 5.65. The van der Waals surface area contributed by atoms with Gasteiger partial charge < -0.3 is 10.5 Å². The van der Waals surface area contributed by atoms with Crippen molar-refractivity contribution in [1.29, 1.82) is 0 Å². The van der Waals surface area contributed by atoms with Crippen molar-refractivity contribution in [2.75, 3.05) is 0 Å². The van der Waals surface area contributed by atoms with Crippen molar-refractivity contribution in [2.24, 2.45) is 5.73 Å². The van der Waals surface area contributed by atoms with Crippen molar-refractivity contribution in [3.8, 4) is 11.5 Å². The van der Waals surface area contributed by atoms with Gasteiger partial charge in [0, 0.05) is 29.0 Å². The van der Waals surface area contributed by atoms with Crippen LogP contribution in [0.2, 0.25) is 0 Å². The standard InChI is InChI=1S/C11H10BrN3O/c12-9-3-10(6-15-5-9)16-11-7-14-2-1-8(11)4-13/h1-3,5-7H,4,13H2. The summed E-state index contributed by atoms with van der Waals surface area (Å²) in [6, 6.07) is 3.67. The molecule has 0 bridgehead atoms. The van der Waals surface area contributed by atoms with Crippen LogP contribution >= 0.6 is 15.9 Å². The average Bonchev–Trinajstić information content (AvgIpc) is 2.30. The lowest BCUT2D eigenvalue weighted by molar-refractivity contribution is 0.471. The highest BCUT2D eigenvalue weighted by Gasteiger charge is 2.03. The Morgan fingerprint density at radius 2 is 2.12 bits per heavy atom. The van der Waals surface area contributed by atoms with E-state index < -0.39 is 0 Å². The molecule has 0 radical (unpaired) electrons. The maximum atomic E-state index is 5.65. The van der Waals surface area contributed by atoms with Crippen molar-refractivity contribution < 1.29 is 4.74 Å². The molecule has 0 aliphatic carbocycles. The van der Waals surface area contributed by atoms with Crippen LogP contribution in [0, 0.1) is 0 Å². The molecule has 0 atom stereocenters. The predicted molar refractivity (Wildman–Crippen MR) is 64.1 cm³/mol. The van der Waals surface area contributed by atoms with E-state index >= 15 is 0 Å². The topological polar surface area (TPSA) is 61.0 Å². The van der Waals surface area contributed by atoms with E-state index in [4.69, 9.17) is 10.5 Å². The average molecular weight is 280 g/mol. The second-order valence-corrected chi connectivity index (χ2v) is 4.04. The summed E-state index contributed by atoms with van der Waals surface area (Å²) in [5, 5.41) is 0. The molecule has 0 fully saturated rings. The lowest BCUT2D eigenvalue weighted by Gasteiger charge is -2.08. The molecule has 2 aromatic heterocycles. The van der Waals surface area contributed by atoms with E-state index in [0.717, 1.165) is 10.0 Å². The number of pyridine rings is 2. The molecule has 2 rings (SSSR count). The molecule has 0 saturated heterocycles. The summed E-state index contributed by atoms with van der Waals surface area (Å²) in [5.41, 5.74) is 6.51. The number of halogens is 1. The number of hydrogen-bond acceptors (Lipinski definition) is 4. The van der Waals surface area contributed by atoms with Crippen LogP contribution in [0.1, 0.15) is 5.56 Å². The molecule has 0 aliphatic rings. The molecular formula is C11H10BrN3O. The fraction of sp³-hybridized carbons (Fsp3) is 0.0909. The van der Waals surface area contributed by atoms with E-state index in [1.54, 1.807) is 24.8 Å². The first-order chi connectivity index (χ1) is 7.79. The van der Waals surface area contributed by atoms with Gasteiger partial charge in [-0.1, -0.05) is 0 Å². The van der Waals surface area contributed by atoms with Crippen LogP contribution in [0.4, 0.5) is 0 Å². The molecular weight excluding hydrogens is 270 g/mol. The Bertz CT molecular complexity index is 490. The lowest BCUT2D eigenvalue weighted by atomic mass is 10.2. The Morgan fingerprint density at radius 3 is 2.88 bits per heavy atom. The molecule has 5 heteroatoms. The third-order valence-corrected chi connectivity index (χ3v) is 2.43. The Morgan fingerprint density at radius 1 is 1.25 bits per heavy atom. The third-order valence-electron chi connectivity index (χ3n) is 2.00. The van der Waals surface area contributed by atoms with E-state index in [2.05, 4.69) is 25.9 Å². The van der Waals surface area contributed by atoms with Crippen LogP contribution in [0.15, 0.2) is 41.4 Å². The second-order valence-electron chi connectivity index (χ2n) is 3.13. The van der Waals surface area contributed by atoms with Crippen molar-refractivity contribution >= 4 is 15.9 Å². The van der Waals surface area contributed by atoms with Crippen molar-refractivity contribution in [3.63, 3.8) is 0 Å². The molecule has 0 aliphatic heterocycles. The Labute approximate surface area is 102 Å². The minimum atomic E-state index is 0.416. The Balaban J connectivity index is 2.26. The minimum absolute atomic E-state index is 0.416. The monoisotopic (exact) mass is 279 g/mol. The normalized spacial score (nSPS) is 10.1. The fourth-order valence-corrected chi connectivity index (χ4v) is 1.59. The number of nitrogens with zero attached hydrogens (tertiary/aromatic N) is 2. The first-order valence-electron chi connectivity index (χ1n) is 4.71. The van der Waals surface area contributed by atoms with Crippen LogP contribution in [-0.4, -0.2) is 9.97 Å². The zero-order valence-electron chi connectivity index (χ0n) is 8.43.